The molecule has 9 nitrogen and oxygen atoms in total. The van der Waals surface area contributed by atoms with E-state index in [9.17, 15) is 15.0 Å². The van der Waals surface area contributed by atoms with Crippen molar-refractivity contribution in [3.8, 4) is 5.75 Å². The van der Waals surface area contributed by atoms with Crippen LogP contribution in [-0.4, -0.2) is 34.5 Å². The molecule has 0 saturated heterocycles. The minimum absolute atomic E-state index is 0.0120. The summed E-state index contributed by atoms with van der Waals surface area (Å²) in [4.78, 5) is 16.2. The van der Waals surface area contributed by atoms with Crippen molar-refractivity contribution >= 4 is 23.4 Å². The monoisotopic (exact) mass is 449 g/mol. The summed E-state index contributed by atoms with van der Waals surface area (Å²) in [6.07, 6.45) is -1.50. The number of anilines is 1. The number of rotatable bonds is 9. The van der Waals surface area contributed by atoms with Crippen LogP contribution in [0.25, 0.3) is 0 Å². The average molecular weight is 450 g/mol. The number of nitrogens with one attached hydrogen (secondary N) is 2. The van der Waals surface area contributed by atoms with Gasteiger partial charge in [0, 0.05) is 5.69 Å². The second-order valence-electron chi connectivity index (χ2n) is 7.33. The van der Waals surface area contributed by atoms with Crippen LogP contribution in [0, 0.1) is 0 Å². The summed E-state index contributed by atoms with van der Waals surface area (Å²) in [5.74, 6) is 0.629. The summed E-state index contributed by atoms with van der Waals surface area (Å²) in [5.41, 5.74) is 13.8. The van der Waals surface area contributed by atoms with Crippen LogP contribution in [0.4, 0.5) is 16.2 Å². The molecular formula is C24H27N5O4. The van der Waals surface area contributed by atoms with E-state index in [4.69, 9.17) is 16.2 Å². The van der Waals surface area contributed by atoms with Crippen LogP contribution in [0.15, 0.2) is 83.9 Å². The second-order valence-corrected chi connectivity index (χ2v) is 7.33. The van der Waals surface area contributed by atoms with Crippen LogP contribution in [0.3, 0.4) is 0 Å². The Morgan fingerprint density at radius 3 is 2.33 bits per heavy atom. The van der Waals surface area contributed by atoms with Gasteiger partial charge in [-0.15, -0.1) is 0 Å². The molecule has 0 spiro atoms. The molecule has 2 amide bonds. The predicted molar refractivity (Wildman–Crippen MR) is 127 cm³/mol. The number of carbonyl (C=O) groups excluding carboxylic acids is 1. The van der Waals surface area contributed by atoms with E-state index in [1.807, 2.05) is 24.3 Å². The van der Waals surface area contributed by atoms with E-state index in [-0.39, 0.29) is 12.4 Å². The SMILES string of the molecule is NC(N)=Nc1cccc(COc2ccc(CC(NC(=O)Nc3ccccc3)C(O)O)cc2)c1. The third-order valence-electron chi connectivity index (χ3n) is 4.66. The van der Waals surface area contributed by atoms with Gasteiger partial charge in [0.2, 0.25) is 0 Å². The third kappa shape index (κ3) is 7.84. The van der Waals surface area contributed by atoms with Crippen LogP contribution in [0.1, 0.15) is 11.1 Å². The summed E-state index contributed by atoms with van der Waals surface area (Å²) in [5, 5.41) is 24.6. The molecule has 0 fully saturated rings. The van der Waals surface area contributed by atoms with Gasteiger partial charge in [0.05, 0.1) is 11.7 Å². The highest BCUT2D eigenvalue weighted by Gasteiger charge is 2.20. The van der Waals surface area contributed by atoms with Gasteiger partial charge >= 0.3 is 6.03 Å². The van der Waals surface area contributed by atoms with Gasteiger partial charge in [-0.2, -0.15) is 0 Å². The van der Waals surface area contributed by atoms with Crippen LogP contribution in [0.2, 0.25) is 0 Å². The Balaban J connectivity index is 1.54. The van der Waals surface area contributed by atoms with E-state index < -0.39 is 18.4 Å². The normalized spacial score (nSPS) is 11.5. The third-order valence-corrected chi connectivity index (χ3v) is 4.66. The molecule has 3 rings (SSSR count). The Hall–Kier alpha value is -4.08. The molecule has 0 radical (unpaired) electrons. The van der Waals surface area contributed by atoms with Crippen molar-refractivity contribution in [3.63, 3.8) is 0 Å². The van der Waals surface area contributed by atoms with Crippen molar-refractivity contribution in [2.45, 2.75) is 25.4 Å². The molecule has 1 atom stereocenters. The van der Waals surface area contributed by atoms with Gasteiger partial charge in [0.25, 0.3) is 0 Å². The zero-order chi connectivity index (χ0) is 23.6. The van der Waals surface area contributed by atoms with Crippen molar-refractivity contribution in [2.24, 2.45) is 16.5 Å². The lowest BCUT2D eigenvalue weighted by Crippen LogP contribution is -2.46. The maximum Gasteiger partial charge on any atom is 0.319 e. The van der Waals surface area contributed by atoms with Crippen molar-refractivity contribution in [2.75, 3.05) is 5.32 Å². The summed E-state index contributed by atoms with van der Waals surface area (Å²) in [7, 11) is 0. The number of aliphatic imine (C=N–C) groups is 1. The summed E-state index contributed by atoms with van der Waals surface area (Å²) in [6.45, 7) is 0.326. The Kier molecular flexibility index (Phi) is 8.23. The Bertz CT molecular complexity index is 1070. The number of ether oxygens (including phenoxy) is 1. The standard InChI is InChI=1S/C24H27N5O4/c25-23(26)27-19-8-4-5-17(13-19)15-33-20-11-9-16(10-12-20)14-21(22(30)31)29-24(32)28-18-6-2-1-3-7-18/h1-13,21-22,30-31H,14-15H2,(H4,25,26,27)(H2,28,29,32). The molecule has 0 saturated carbocycles. The molecule has 1 unspecified atom stereocenters. The molecule has 0 bridgehead atoms. The number of nitrogens with two attached hydrogens (primary N) is 2. The van der Waals surface area contributed by atoms with Crippen molar-refractivity contribution in [3.05, 3.63) is 90.0 Å². The van der Waals surface area contributed by atoms with Crippen molar-refractivity contribution in [1.29, 1.82) is 0 Å². The zero-order valence-electron chi connectivity index (χ0n) is 17.9. The van der Waals surface area contributed by atoms with Gasteiger partial charge in [0.1, 0.15) is 12.4 Å². The van der Waals surface area contributed by atoms with Gasteiger partial charge in [0.15, 0.2) is 12.2 Å². The number of carbonyl (C=O) groups is 1. The topological polar surface area (TPSA) is 155 Å². The Morgan fingerprint density at radius 1 is 0.939 bits per heavy atom. The van der Waals surface area contributed by atoms with E-state index in [0.717, 1.165) is 11.1 Å². The molecule has 33 heavy (non-hydrogen) atoms. The maximum atomic E-state index is 12.2. The van der Waals surface area contributed by atoms with E-state index in [0.29, 0.717) is 23.7 Å². The van der Waals surface area contributed by atoms with Crippen LogP contribution in [0.5, 0.6) is 5.75 Å². The van der Waals surface area contributed by atoms with Crippen molar-refractivity contribution < 1.29 is 19.7 Å². The highest BCUT2D eigenvalue weighted by atomic mass is 16.5. The van der Waals surface area contributed by atoms with E-state index in [1.54, 1.807) is 54.6 Å². The molecule has 0 aliphatic heterocycles. The van der Waals surface area contributed by atoms with E-state index in [2.05, 4.69) is 15.6 Å². The van der Waals surface area contributed by atoms with Crippen molar-refractivity contribution in [1.82, 2.24) is 5.32 Å². The number of guanidine groups is 1. The fraction of sp³-hybridized carbons (Fsp3) is 0.167. The number of nitrogens with zero attached hydrogens (tertiary/aromatic N) is 1. The maximum absolute atomic E-state index is 12.2. The summed E-state index contributed by atoms with van der Waals surface area (Å²) < 4.78 is 5.80. The zero-order valence-corrected chi connectivity index (χ0v) is 17.9. The molecule has 9 heteroatoms. The molecule has 8 N–H and O–H groups in total. The first-order valence-electron chi connectivity index (χ1n) is 10.3. The van der Waals surface area contributed by atoms with E-state index >= 15 is 0 Å². The summed E-state index contributed by atoms with van der Waals surface area (Å²) >= 11 is 0. The van der Waals surface area contributed by atoms with Gasteiger partial charge in [-0.3, -0.25) is 0 Å². The first kappa shape index (κ1) is 23.6. The quantitative estimate of drug-likeness (QED) is 0.167. The number of hydrogen-bond donors (Lipinski definition) is 6. The van der Waals surface area contributed by atoms with Crippen LogP contribution in [-0.2, 0) is 13.0 Å². The summed E-state index contributed by atoms with van der Waals surface area (Å²) in [6, 6.07) is 22.0. The number of hydrogen-bond acceptors (Lipinski definition) is 5. The molecule has 172 valence electrons. The highest BCUT2D eigenvalue weighted by molar-refractivity contribution is 5.89. The molecular weight excluding hydrogens is 422 g/mol. The Morgan fingerprint density at radius 2 is 1.67 bits per heavy atom. The lowest BCUT2D eigenvalue weighted by molar-refractivity contribution is -0.0635. The van der Waals surface area contributed by atoms with Gasteiger partial charge in [-0.05, 0) is 53.9 Å². The first-order valence-corrected chi connectivity index (χ1v) is 10.3. The second kappa shape index (κ2) is 11.5. The van der Waals surface area contributed by atoms with Gasteiger partial charge < -0.3 is 37.1 Å². The number of para-hydroxylation sites is 1. The molecule has 0 aliphatic rings. The molecule has 3 aromatic carbocycles. The number of aliphatic hydroxyl groups excluding tert-OH is 1. The first-order chi connectivity index (χ1) is 15.9. The Labute approximate surface area is 191 Å². The molecule has 0 heterocycles. The highest BCUT2D eigenvalue weighted by Crippen LogP contribution is 2.18. The smallest absolute Gasteiger partial charge is 0.319 e. The number of benzene rings is 3. The minimum atomic E-state index is -1.72. The number of urea groups is 1. The lowest BCUT2D eigenvalue weighted by Gasteiger charge is -2.21. The van der Waals surface area contributed by atoms with Crippen LogP contribution >= 0.6 is 0 Å². The molecule has 0 aliphatic carbocycles. The van der Waals surface area contributed by atoms with E-state index in [1.165, 1.54) is 0 Å². The molecule has 0 aromatic heterocycles. The fourth-order valence-corrected chi connectivity index (χ4v) is 3.10. The van der Waals surface area contributed by atoms with Gasteiger partial charge in [-0.1, -0.05) is 42.5 Å². The molecule has 3 aromatic rings. The minimum Gasteiger partial charge on any atom is -0.489 e. The average Bonchev–Trinajstić information content (AvgIpc) is 2.78. The van der Waals surface area contributed by atoms with Crippen LogP contribution < -0.4 is 26.8 Å². The largest absolute Gasteiger partial charge is 0.489 e. The predicted octanol–water partition coefficient (Wildman–Crippen LogP) is 2.21. The fourth-order valence-electron chi connectivity index (χ4n) is 3.10. The number of amides is 2. The number of aliphatic hydroxyl groups is 2. The van der Waals surface area contributed by atoms with Gasteiger partial charge in [-0.25, -0.2) is 9.79 Å². The lowest BCUT2D eigenvalue weighted by atomic mass is 10.1.